The Balaban J connectivity index is 2.21. The molecular formula is C19H37NO2. The van der Waals surface area contributed by atoms with Gasteiger partial charge in [0.2, 0.25) is 0 Å². The minimum absolute atomic E-state index is 0.195. The van der Waals surface area contributed by atoms with Gasteiger partial charge in [-0.2, -0.15) is 5.06 Å². The predicted octanol–water partition coefficient (Wildman–Crippen LogP) is 5.28. The maximum absolute atomic E-state index is 11.9. The molecule has 130 valence electrons. The molecule has 0 atom stereocenters. The fraction of sp³-hybridized carbons (Fsp3) is 0.947. The fourth-order valence-electron chi connectivity index (χ4n) is 3.73. The normalized spacial score (nSPS) is 21.2. The van der Waals surface area contributed by atoms with E-state index >= 15 is 0 Å². The van der Waals surface area contributed by atoms with Gasteiger partial charge in [0.25, 0.3) is 0 Å². The van der Waals surface area contributed by atoms with E-state index in [1.165, 1.54) is 44.9 Å². The lowest BCUT2D eigenvalue weighted by atomic mass is 9.81. The summed E-state index contributed by atoms with van der Waals surface area (Å²) in [4.78, 5) is 18.0. The Morgan fingerprint density at radius 1 is 0.864 bits per heavy atom. The molecule has 0 spiro atoms. The van der Waals surface area contributed by atoms with Crippen molar-refractivity contribution in [3.63, 3.8) is 0 Å². The van der Waals surface area contributed by atoms with Crippen LogP contribution < -0.4 is 0 Å². The summed E-state index contributed by atoms with van der Waals surface area (Å²) in [5.41, 5.74) is -0.391. The van der Waals surface area contributed by atoms with Crippen molar-refractivity contribution in [2.24, 2.45) is 0 Å². The van der Waals surface area contributed by atoms with Gasteiger partial charge >= 0.3 is 0 Å². The third kappa shape index (κ3) is 6.37. The molecule has 1 heterocycles. The van der Waals surface area contributed by atoms with Gasteiger partial charge in [0.1, 0.15) is 5.78 Å². The molecule has 0 N–H and O–H groups in total. The summed E-state index contributed by atoms with van der Waals surface area (Å²) in [5, 5.41) is 2.09. The van der Waals surface area contributed by atoms with Gasteiger partial charge in [-0.05, 0) is 34.1 Å². The van der Waals surface area contributed by atoms with Crippen LogP contribution in [0.4, 0.5) is 0 Å². The molecule has 0 amide bonds. The average Bonchev–Trinajstić information content (AvgIpc) is 2.37. The van der Waals surface area contributed by atoms with Gasteiger partial charge in [0.05, 0.1) is 6.61 Å². The second-order valence-electron chi connectivity index (χ2n) is 8.12. The van der Waals surface area contributed by atoms with Crippen LogP contribution in [0.1, 0.15) is 98.8 Å². The Hall–Kier alpha value is -0.410. The van der Waals surface area contributed by atoms with E-state index in [2.05, 4.69) is 39.7 Å². The lowest BCUT2D eigenvalue weighted by Crippen LogP contribution is -2.60. The number of rotatable bonds is 10. The fourth-order valence-corrected chi connectivity index (χ4v) is 3.73. The number of hydrogen-bond acceptors (Lipinski definition) is 3. The monoisotopic (exact) mass is 311 g/mol. The summed E-state index contributed by atoms with van der Waals surface area (Å²) < 4.78 is 0. The average molecular weight is 312 g/mol. The molecule has 0 bridgehead atoms. The highest BCUT2D eigenvalue weighted by Gasteiger charge is 2.45. The van der Waals surface area contributed by atoms with E-state index < -0.39 is 0 Å². The standard InChI is InChI=1S/C19H37NO2/c1-6-7-8-9-10-11-12-13-14-22-20-18(2,3)15-17(21)16-19(20,4)5/h6-16H2,1-5H3. The zero-order chi connectivity index (χ0) is 16.6. The first-order valence-electron chi connectivity index (χ1n) is 9.24. The summed E-state index contributed by atoms with van der Waals surface area (Å²) in [5.74, 6) is 0.349. The van der Waals surface area contributed by atoms with Crippen LogP contribution in [0.25, 0.3) is 0 Å². The minimum atomic E-state index is -0.195. The van der Waals surface area contributed by atoms with Crippen molar-refractivity contribution >= 4 is 5.78 Å². The first-order chi connectivity index (χ1) is 10.3. The van der Waals surface area contributed by atoms with Gasteiger partial charge in [0.15, 0.2) is 0 Å². The molecule has 0 aliphatic carbocycles. The Bertz CT molecular complexity index is 316. The number of hydroxylamine groups is 2. The summed E-state index contributed by atoms with van der Waals surface area (Å²) >= 11 is 0. The van der Waals surface area contributed by atoms with Crippen LogP contribution in [0.15, 0.2) is 0 Å². The van der Waals surface area contributed by atoms with Crippen LogP contribution in [0.5, 0.6) is 0 Å². The summed E-state index contributed by atoms with van der Waals surface area (Å²) in [7, 11) is 0. The first kappa shape index (κ1) is 19.6. The number of piperidine rings is 1. The molecule has 1 rings (SSSR count). The number of nitrogens with zero attached hydrogens (tertiary/aromatic N) is 1. The molecule has 3 nitrogen and oxygen atoms in total. The molecule has 22 heavy (non-hydrogen) atoms. The van der Waals surface area contributed by atoms with Crippen molar-refractivity contribution in [1.29, 1.82) is 0 Å². The van der Waals surface area contributed by atoms with E-state index in [0.717, 1.165) is 13.0 Å². The number of unbranched alkanes of at least 4 members (excludes halogenated alkanes) is 7. The number of hydrogen-bond donors (Lipinski definition) is 0. The Morgan fingerprint density at radius 2 is 1.32 bits per heavy atom. The molecule has 0 saturated carbocycles. The van der Waals surface area contributed by atoms with E-state index in [-0.39, 0.29) is 11.1 Å². The van der Waals surface area contributed by atoms with E-state index in [1.807, 2.05) is 0 Å². The number of carbonyl (C=O) groups is 1. The zero-order valence-electron chi connectivity index (χ0n) is 15.5. The van der Waals surface area contributed by atoms with E-state index in [1.54, 1.807) is 0 Å². The number of carbonyl (C=O) groups excluding carboxylic acids is 1. The molecule has 1 fully saturated rings. The summed E-state index contributed by atoms with van der Waals surface area (Å²) in [6.07, 6.45) is 11.7. The SMILES string of the molecule is CCCCCCCCCCON1C(C)(C)CC(=O)CC1(C)C. The maximum Gasteiger partial charge on any atom is 0.136 e. The second-order valence-corrected chi connectivity index (χ2v) is 8.12. The highest BCUT2D eigenvalue weighted by Crippen LogP contribution is 2.36. The van der Waals surface area contributed by atoms with Crippen LogP contribution in [0, 0.1) is 0 Å². The topological polar surface area (TPSA) is 29.5 Å². The summed E-state index contributed by atoms with van der Waals surface area (Å²) in [6.45, 7) is 11.5. The van der Waals surface area contributed by atoms with Crippen LogP contribution in [-0.2, 0) is 9.63 Å². The Morgan fingerprint density at radius 3 is 1.82 bits per heavy atom. The van der Waals surface area contributed by atoms with Crippen LogP contribution >= 0.6 is 0 Å². The summed E-state index contributed by atoms with van der Waals surface area (Å²) in [6, 6.07) is 0. The molecule has 0 radical (unpaired) electrons. The van der Waals surface area contributed by atoms with Crippen LogP contribution in [0.3, 0.4) is 0 Å². The largest absolute Gasteiger partial charge is 0.300 e. The Kier molecular flexibility index (Phi) is 8.06. The van der Waals surface area contributed by atoms with E-state index in [0.29, 0.717) is 18.6 Å². The molecule has 3 heteroatoms. The third-order valence-electron chi connectivity index (χ3n) is 4.58. The second kappa shape index (κ2) is 9.02. The van der Waals surface area contributed by atoms with Crippen molar-refractivity contribution in [2.45, 2.75) is 110 Å². The lowest BCUT2D eigenvalue weighted by molar-refractivity contribution is -0.275. The van der Waals surface area contributed by atoms with Crippen molar-refractivity contribution in [2.75, 3.05) is 6.61 Å². The van der Waals surface area contributed by atoms with Gasteiger partial charge in [-0.3, -0.25) is 9.63 Å². The van der Waals surface area contributed by atoms with Crippen molar-refractivity contribution in [3.05, 3.63) is 0 Å². The minimum Gasteiger partial charge on any atom is -0.300 e. The van der Waals surface area contributed by atoms with E-state index in [9.17, 15) is 4.79 Å². The molecule has 0 unspecified atom stereocenters. The lowest BCUT2D eigenvalue weighted by Gasteiger charge is -2.50. The highest BCUT2D eigenvalue weighted by molar-refractivity contribution is 5.81. The molecule has 0 aromatic carbocycles. The van der Waals surface area contributed by atoms with Crippen molar-refractivity contribution in [1.82, 2.24) is 5.06 Å². The zero-order valence-corrected chi connectivity index (χ0v) is 15.5. The molecule has 1 aliphatic rings. The predicted molar refractivity (Wildman–Crippen MR) is 92.8 cm³/mol. The first-order valence-corrected chi connectivity index (χ1v) is 9.24. The van der Waals surface area contributed by atoms with Crippen molar-refractivity contribution in [3.8, 4) is 0 Å². The smallest absolute Gasteiger partial charge is 0.136 e. The van der Waals surface area contributed by atoms with Gasteiger partial charge in [-0.15, -0.1) is 0 Å². The van der Waals surface area contributed by atoms with Gasteiger partial charge in [-0.1, -0.05) is 51.9 Å². The van der Waals surface area contributed by atoms with Gasteiger partial charge in [-0.25, -0.2) is 0 Å². The molecule has 0 aromatic rings. The van der Waals surface area contributed by atoms with Crippen molar-refractivity contribution < 1.29 is 9.63 Å². The van der Waals surface area contributed by atoms with E-state index in [4.69, 9.17) is 4.84 Å². The number of Topliss-reactive ketones (excluding diaryl/α,β-unsaturated/α-hetero) is 1. The van der Waals surface area contributed by atoms with Crippen LogP contribution in [0.2, 0.25) is 0 Å². The molecule has 1 saturated heterocycles. The molecule has 0 aromatic heterocycles. The maximum atomic E-state index is 11.9. The number of ketones is 1. The molecule has 1 aliphatic heterocycles. The van der Waals surface area contributed by atoms with Crippen LogP contribution in [-0.4, -0.2) is 28.5 Å². The highest BCUT2D eigenvalue weighted by atomic mass is 16.7. The molecular weight excluding hydrogens is 274 g/mol. The third-order valence-corrected chi connectivity index (χ3v) is 4.58. The quantitative estimate of drug-likeness (QED) is 0.514. The Labute approximate surface area is 137 Å². The van der Waals surface area contributed by atoms with Gasteiger partial charge < -0.3 is 0 Å². The van der Waals surface area contributed by atoms with Gasteiger partial charge in [0, 0.05) is 23.9 Å².